The number of benzene rings is 3. The number of H-pyrrole nitrogens is 1. The number of carbonyl (C=O) groups is 2. The van der Waals surface area contributed by atoms with E-state index in [1.54, 1.807) is 0 Å². The van der Waals surface area contributed by atoms with Crippen LogP contribution in [0.15, 0.2) is 85.1 Å². The van der Waals surface area contributed by atoms with Crippen LogP contribution in [-0.4, -0.2) is 58.9 Å². The molecule has 1 aromatic heterocycles. The Morgan fingerprint density at radius 1 is 0.884 bits per heavy atom. The lowest BCUT2D eigenvalue weighted by atomic mass is 9.89. The number of carbonyl (C=O) groups excluding carboxylic acids is 2. The van der Waals surface area contributed by atoms with Crippen molar-refractivity contribution in [2.24, 2.45) is 0 Å². The molecule has 0 saturated carbocycles. The smallest absolute Gasteiger partial charge is 0.318 e. The largest absolute Gasteiger partial charge is 0.361 e. The Kier molecular flexibility index (Phi) is 9.08. The molecule has 4 aromatic rings. The molecule has 2 aliphatic heterocycles. The number of rotatable bonds is 8. The van der Waals surface area contributed by atoms with E-state index in [-0.39, 0.29) is 17.9 Å². The fraction of sp³-hybridized carbons (Fsp3) is 0.389. The van der Waals surface area contributed by atoms with Gasteiger partial charge >= 0.3 is 6.03 Å². The monoisotopic (exact) mass is 577 g/mol. The molecule has 3 heterocycles. The standard InChI is InChI=1S/C36H43N5O2/c1-26(32-24-37-33-16-7-6-15-31(32)33)34(39-36(43)41-21-17-29(18-22-41)28-12-4-2-5-13-28)35(42)38-30-14-10-11-27(23-30)25-40-19-8-3-9-20-40/h2,4-7,10-16,23-24,26,29,34,37H,3,8-9,17-22,25H2,1H3,(H,38,42)(H,39,43). The van der Waals surface area contributed by atoms with E-state index in [9.17, 15) is 9.59 Å². The first-order valence-corrected chi connectivity index (χ1v) is 15.8. The number of para-hydroxylation sites is 1. The van der Waals surface area contributed by atoms with Crippen molar-refractivity contribution in [1.82, 2.24) is 20.1 Å². The Morgan fingerprint density at radius 3 is 2.42 bits per heavy atom. The first-order valence-electron chi connectivity index (χ1n) is 15.8. The Labute approximate surface area is 254 Å². The summed E-state index contributed by atoms with van der Waals surface area (Å²) in [4.78, 5) is 35.3. The predicted octanol–water partition coefficient (Wildman–Crippen LogP) is 6.85. The number of urea groups is 1. The molecule has 0 aliphatic carbocycles. The lowest BCUT2D eigenvalue weighted by molar-refractivity contribution is -0.118. The lowest BCUT2D eigenvalue weighted by Gasteiger charge is -2.34. The van der Waals surface area contributed by atoms with Crippen molar-refractivity contribution in [1.29, 1.82) is 0 Å². The summed E-state index contributed by atoms with van der Waals surface area (Å²) in [6.07, 6.45) is 7.58. The van der Waals surface area contributed by atoms with Crippen LogP contribution in [0.5, 0.6) is 0 Å². The maximum absolute atomic E-state index is 14.0. The van der Waals surface area contributed by atoms with Gasteiger partial charge in [0.05, 0.1) is 0 Å². The second-order valence-electron chi connectivity index (χ2n) is 12.2. The molecule has 3 amide bonds. The molecule has 3 aromatic carbocycles. The molecule has 2 saturated heterocycles. The molecule has 6 rings (SSSR count). The van der Waals surface area contributed by atoms with Crippen LogP contribution < -0.4 is 10.6 Å². The second kappa shape index (κ2) is 13.5. The molecule has 2 fully saturated rings. The first-order chi connectivity index (χ1) is 21.0. The van der Waals surface area contributed by atoms with Crippen LogP contribution in [0, 0.1) is 0 Å². The quantitative estimate of drug-likeness (QED) is 0.214. The van der Waals surface area contributed by atoms with Crippen LogP contribution in [0.1, 0.15) is 67.6 Å². The van der Waals surface area contributed by atoms with Crippen molar-refractivity contribution in [2.75, 3.05) is 31.5 Å². The zero-order valence-corrected chi connectivity index (χ0v) is 25.1. The number of nitrogens with zero attached hydrogens (tertiary/aromatic N) is 2. The van der Waals surface area contributed by atoms with Gasteiger partial charge in [0.2, 0.25) is 5.91 Å². The van der Waals surface area contributed by atoms with Crippen LogP contribution in [-0.2, 0) is 11.3 Å². The number of likely N-dealkylation sites (tertiary alicyclic amines) is 2. The van der Waals surface area contributed by atoms with Crippen LogP contribution >= 0.6 is 0 Å². The van der Waals surface area contributed by atoms with E-state index in [1.807, 2.05) is 54.4 Å². The van der Waals surface area contributed by atoms with Crippen molar-refractivity contribution < 1.29 is 9.59 Å². The fourth-order valence-electron chi connectivity index (χ4n) is 6.78. The first kappa shape index (κ1) is 29.0. The molecule has 7 heteroatoms. The predicted molar refractivity (Wildman–Crippen MR) is 173 cm³/mol. The summed E-state index contributed by atoms with van der Waals surface area (Å²) in [5.74, 6) is -0.00869. The second-order valence-corrected chi connectivity index (χ2v) is 12.2. The molecule has 43 heavy (non-hydrogen) atoms. The number of hydrogen-bond donors (Lipinski definition) is 3. The minimum atomic E-state index is -0.746. The van der Waals surface area contributed by atoms with Crippen molar-refractivity contribution in [3.63, 3.8) is 0 Å². The zero-order valence-electron chi connectivity index (χ0n) is 25.1. The van der Waals surface area contributed by atoms with Crippen LogP contribution in [0.4, 0.5) is 10.5 Å². The number of nitrogens with one attached hydrogen (secondary N) is 3. The van der Waals surface area contributed by atoms with Crippen LogP contribution in [0.3, 0.4) is 0 Å². The van der Waals surface area contributed by atoms with Gasteiger partial charge in [-0.15, -0.1) is 0 Å². The zero-order chi connectivity index (χ0) is 29.6. The Hall–Kier alpha value is -4.10. The average Bonchev–Trinajstić information content (AvgIpc) is 3.49. The van der Waals surface area contributed by atoms with Gasteiger partial charge in [-0.1, -0.05) is 74.0 Å². The third kappa shape index (κ3) is 6.94. The van der Waals surface area contributed by atoms with E-state index in [1.165, 1.54) is 30.4 Å². The van der Waals surface area contributed by atoms with Gasteiger partial charge in [0.25, 0.3) is 0 Å². The summed E-state index contributed by atoms with van der Waals surface area (Å²) in [5.41, 5.74) is 5.30. The summed E-state index contributed by atoms with van der Waals surface area (Å²) in [5, 5.41) is 7.36. The number of piperidine rings is 2. The number of aromatic amines is 1. The minimum absolute atomic E-state index is 0.183. The topological polar surface area (TPSA) is 80.5 Å². The molecular formula is C36H43N5O2. The number of aromatic nitrogens is 1. The number of anilines is 1. The summed E-state index contributed by atoms with van der Waals surface area (Å²) in [7, 11) is 0. The highest BCUT2D eigenvalue weighted by atomic mass is 16.2. The summed E-state index contributed by atoms with van der Waals surface area (Å²) < 4.78 is 0. The van der Waals surface area contributed by atoms with Crippen LogP contribution in [0.25, 0.3) is 10.9 Å². The van der Waals surface area contributed by atoms with Gasteiger partial charge in [0, 0.05) is 48.3 Å². The molecular weight excluding hydrogens is 534 g/mol. The van der Waals surface area contributed by atoms with E-state index in [0.29, 0.717) is 19.0 Å². The van der Waals surface area contributed by atoms with Gasteiger partial charge in [0.15, 0.2) is 0 Å². The highest BCUT2D eigenvalue weighted by Crippen LogP contribution is 2.30. The van der Waals surface area contributed by atoms with E-state index < -0.39 is 6.04 Å². The molecule has 224 valence electrons. The molecule has 2 aliphatic rings. The van der Waals surface area contributed by atoms with Gasteiger partial charge in [-0.2, -0.15) is 0 Å². The van der Waals surface area contributed by atoms with Gasteiger partial charge in [0.1, 0.15) is 6.04 Å². The Balaban J connectivity index is 1.18. The van der Waals surface area contributed by atoms with E-state index in [4.69, 9.17) is 0 Å². The summed E-state index contributed by atoms with van der Waals surface area (Å²) in [6.45, 7) is 6.48. The normalized spacial score (nSPS) is 17.8. The fourth-order valence-corrected chi connectivity index (χ4v) is 6.78. The van der Waals surface area contributed by atoms with Gasteiger partial charge in [-0.3, -0.25) is 9.69 Å². The maximum Gasteiger partial charge on any atom is 0.318 e. The number of amides is 3. The summed E-state index contributed by atoms with van der Waals surface area (Å²) >= 11 is 0. The van der Waals surface area contributed by atoms with Gasteiger partial charge in [-0.25, -0.2) is 4.79 Å². The van der Waals surface area contributed by atoms with Crippen molar-refractivity contribution >= 4 is 28.5 Å². The molecule has 0 bridgehead atoms. The number of fused-ring (bicyclic) bond motifs is 1. The molecule has 0 spiro atoms. The average molecular weight is 578 g/mol. The van der Waals surface area contributed by atoms with E-state index in [0.717, 1.165) is 54.6 Å². The van der Waals surface area contributed by atoms with E-state index in [2.05, 4.69) is 63.0 Å². The Morgan fingerprint density at radius 2 is 1.63 bits per heavy atom. The van der Waals surface area contributed by atoms with E-state index >= 15 is 0 Å². The van der Waals surface area contributed by atoms with Crippen molar-refractivity contribution in [3.05, 3.63) is 102 Å². The molecule has 7 nitrogen and oxygen atoms in total. The molecule has 3 N–H and O–H groups in total. The Bertz CT molecular complexity index is 1520. The molecule has 0 radical (unpaired) electrons. The van der Waals surface area contributed by atoms with Crippen molar-refractivity contribution in [2.45, 2.75) is 63.5 Å². The van der Waals surface area contributed by atoms with Crippen LogP contribution in [0.2, 0.25) is 0 Å². The molecule has 2 unspecified atom stereocenters. The SMILES string of the molecule is CC(c1c[nH]c2ccccc12)C(NC(=O)N1CCC(c2ccccc2)CC1)C(=O)Nc1cccc(CN2CCCCC2)c1. The lowest BCUT2D eigenvalue weighted by Crippen LogP contribution is -2.53. The third-order valence-electron chi connectivity index (χ3n) is 9.28. The highest BCUT2D eigenvalue weighted by Gasteiger charge is 2.32. The maximum atomic E-state index is 14.0. The van der Waals surface area contributed by atoms with Gasteiger partial charge in [-0.05, 0) is 79.6 Å². The third-order valence-corrected chi connectivity index (χ3v) is 9.28. The minimum Gasteiger partial charge on any atom is -0.361 e. The number of hydrogen-bond acceptors (Lipinski definition) is 3. The van der Waals surface area contributed by atoms with Gasteiger partial charge < -0.3 is 20.5 Å². The van der Waals surface area contributed by atoms with Crippen molar-refractivity contribution in [3.8, 4) is 0 Å². The highest BCUT2D eigenvalue weighted by molar-refractivity contribution is 5.98. The molecule has 2 atom stereocenters. The summed E-state index contributed by atoms with van der Waals surface area (Å²) in [6, 6.07) is 25.8.